The Morgan fingerprint density at radius 3 is 1.98 bits per heavy atom. The summed E-state index contributed by atoms with van der Waals surface area (Å²) >= 11 is -3.22. The SMILES string of the molecule is Cc1ccc(C2=Cc3c(ccc(C)c3-c3ccccc3)C2C2=c3c(cc(=[Si]4CCC4)c(C)c3-c3ccccc3)[C]([Zr]([Cl])[Cl])=C2c2ccc(C(C)(C)C)o2)o1. The zero-order chi connectivity index (χ0) is 37.5. The van der Waals surface area contributed by atoms with E-state index < -0.39 is 27.8 Å². The van der Waals surface area contributed by atoms with Gasteiger partial charge in [0.15, 0.2) is 0 Å². The zero-order valence-corrected chi connectivity index (χ0v) is 36.6. The van der Waals surface area contributed by atoms with Gasteiger partial charge in [-0.15, -0.1) is 0 Å². The van der Waals surface area contributed by atoms with Crippen LogP contribution in [0.1, 0.15) is 84.0 Å². The molecule has 0 spiro atoms. The van der Waals surface area contributed by atoms with Crippen LogP contribution in [-0.4, -0.2) is 8.41 Å². The number of aryl methyl sites for hydroxylation is 2. The first kappa shape index (κ1) is 36.1. The molecule has 0 bridgehead atoms. The van der Waals surface area contributed by atoms with E-state index in [0.29, 0.717) is 0 Å². The van der Waals surface area contributed by atoms with Gasteiger partial charge in [0, 0.05) is 0 Å². The second-order valence-electron chi connectivity index (χ2n) is 16.1. The standard InChI is InChI=1S/C48H43O2Si.2ClH.Zr/c1-29-18-20-35-36(43(29)32-14-9-7-10-15-32)28-38(39-21-19-30(2)49-39)46(35)47-37(40-22-23-42(50-40)48(4,5)6)26-34-27-41(51-24-13-25-51)31(3)44(45(34)47)33-16-11-8-12-17-33;;;/h7-12,14-23,27-28,46H,13,24-25H2,1-6H3;2*1H;/q;;;+2/p-2. The van der Waals surface area contributed by atoms with Crippen molar-refractivity contribution in [3.63, 3.8) is 0 Å². The molecular weight excluding hydrogens is 799 g/mol. The van der Waals surface area contributed by atoms with Crippen molar-refractivity contribution in [2.75, 3.05) is 0 Å². The molecule has 3 aliphatic rings. The van der Waals surface area contributed by atoms with Crippen molar-refractivity contribution in [1.29, 1.82) is 0 Å². The molecule has 0 radical (unpaired) electrons. The van der Waals surface area contributed by atoms with E-state index >= 15 is 0 Å². The number of hydrogen-bond acceptors (Lipinski definition) is 2. The van der Waals surface area contributed by atoms with Gasteiger partial charge in [0.25, 0.3) is 0 Å². The van der Waals surface area contributed by atoms with E-state index in [-0.39, 0.29) is 11.3 Å². The zero-order valence-electron chi connectivity index (χ0n) is 31.7. The first-order valence-electron chi connectivity index (χ1n) is 19.0. The van der Waals surface area contributed by atoms with E-state index in [0.717, 1.165) is 37.5 Å². The summed E-state index contributed by atoms with van der Waals surface area (Å²) in [5.41, 5.74) is 14.6. The van der Waals surface area contributed by atoms with Gasteiger partial charge in [0.2, 0.25) is 0 Å². The van der Waals surface area contributed by atoms with Crippen LogP contribution in [0.15, 0.2) is 112 Å². The number of benzene rings is 4. The van der Waals surface area contributed by atoms with Crippen molar-refractivity contribution in [1.82, 2.24) is 0 Å². The van der Waals surface area contributed by atoms with Crippen LogP contribution in [0.4, 0.5) is 0 Å². The molecule has 1 fully saturated rings. The molecule has 6 aromatic rings. The third-order valence-electron chi connectivity index (χ3n) is 11.6. The third kappa shape index (κ3) is 5.95. The Balaban J connectivity index is 1.47. The summed E-state index contributed by atoms with van der Waals surface area (Å²) in [6, 6.07) is 40.1. The van der Waals surface area contributed by atoms with Gasteiger partial charge in [0.1, 0.15) is 0 Å². The van der Waals surface area contributed by atoms with Gasteiger partial charge in [-0.3, -0.25) is 0 Å². The first-order valence-corrected chi connectivity index (χ1v) is 28.4. The van der Waals surface area contributed by atoms with Crippen molar-refractivity contribution < 1.29 is 28.2 Å². The van der Waals surface area contributed by atoms with E-state index in [2.05, 4.69) is 144 Å². The monoisotopic (exact) mass is 839 g/mol. The number of allylic oxidation sites excluding steroid dienone is 2. The summed E-state index contributed by atoms with van der Waals surface area (Å²) in [7, 11) is 14.2. The van der Waals surface area contributed by atoms with E-state index in [1.165, 1.54) is 84.2 Å². The topological polar surface area (TPSA) is 26.3 Å². The molecule has 3 heterocycles. The maximum atomic E-state index is 7.45. The molecule has 2 nitrogen and oxygen atoms in total. The molecule has 4 aromatic carbocycles. The number of fused-ring (bicyclic) bond motifs is 2. The molecule has 0 amide bonds. The normalized spacial score (nSPS) is 16.4. The van der Waals surface area contributed by atoms with Crippen LogP contribution in [0.5, 0.6) is 0 Å². The summed E-state index contributed by atoms with van der Waals surface area (Å²) < 4.78 is 14.7. The molecule has 54 heavy (non-hydrogen) atoms. The van der Waals surface area contributed by atoms with Crippen LogP contribution in [-0.2, 0) is 24.8 Å². The van der Waals surface area contributed by atoms with E-state index in [1.807, 2.05) is 6.92 Å². The predicted molar refractivity (Wildman–Crippen MR) is 225 cm³/mol. The Hall–Kier alpha value is -3.53. The predicted octanol–water partition coefficient (Wildman–Crippen LogP) is 13.5. The fourth-order valence-electron chi connectivity index (χ4n) is 8.89. The van der Waals surface area contributed by atoms with Crippen LogP contribution >= 0.6 is 17.0 Å². The van der Waals surface area contributed by atoms with Crippen LogP contribution < -0.4 is 5.22 Å². The molecule has 9 rings (SSSR count). The quantitative estimate of drug-likeness (QED) is 0.156. The molecule has 0 saturated carbocycles. The Kier molecular flexibility index (Phi) is 9.29. The molecule has 1 atom stereocenters. The van der Waals surface area contributed by atoms with Crippen molar-refractivity contribution in [2.24, 2.45) is 0 Å². The Morgan fingerprint density at radius 1 is 0.741 bits per heavy atom. The summed E-state index contributed by atoms with van der Waals surface area (Å²) in [6.45, 7) is 13.2. The van der Waals surface area contributed by atoms with Gasteiger partial charge >= 0.3 is 337 Å². The van der Waals surface area contributed by atoms with Gasteiger partial charge in [-0.1, -0.05) is 0 Å². The maximum absolute atomic E-state index is 7.45. The fraction of sp³-hybridized carbons (Fsp3) is 0.229. The summed E-state index contributed by atoms with van der Waals surface area (Å²) in [5.74, 6) is 3.40. The number of furan rings is 2. The minimum atomic E-state index is -3.22. The molecule has 1 aliphatic heterocycles. The van der Waals surface area contributed by atoms with Crippen LogP contribution in [0.3, 0.4) is 0 Å². The molecule has 269 valence electrons. The average molecular weight is 842 g/mol. The van der Waals surface area contributed by atoms with Crippen molar-refractivity contribution in [3.8, 4) is 22.3 Å². The van der Waals surface area contributed by atoms with Crippen LogP contribution in [0, 0.1) is 25.6 Å². The first-order chi connectivity index (χ1) is 26.0. The van der Waals surface area contributed by atoms with E-state index in [4.69, 9.17) is 25.9 Å². The van der Waals surface area contributed by atoms with Crippen LogP contribution in [0.25, 0.3) is 48.3 Å². The summed E-state index contributed by atoms with van der Waals surface area (Å²) in [5, 5.41) is 1.25. The summed E-state index contributed by atoms with van der Waals surface area (Å²) in [4.78, 5) is 1.53. The Labute approximate surface area is 334 Å². The molecule has 2 aliphatic carbocycles. The van der Waals surface area contributed by atoms with Crippen molar-refractivity contribution in [3.05, 3.63) is 164 Å². The second-order valence-corrected chi connectivity index (χ2v) is 26.9. The molecule has 6 heteroatoms. The van der Waals surface area contributed by atoms with Gasteiger partial charge < -0.3 is 0 Å². The second kappa shape index (κ2) is 13.9. The molecule has 1 saturated heterocycles. The molecule has 0 N–H and O–H groups in total. The number of hydrogen-bond donors (Lipinski definition) is 0. The van der Waals surface area contributed by atoms with E-state index in [9.17, 15) is 0 Å². The molecule has 2 aromatic heterocycles. The van der Waals surface area contributed by atoms with Crippen molar-refractivity contribution in [2.45, 2.75) is 71.4 Å². The molecular formula is C48H43Cl2O2SiZr. The van der Waals surface area contributed by atoms with Gasteiger partial charge in [-0.25, -0.2) is 0 Å². The van der Waals surface area contributed by atoms with Crippen LogP contribution in [0.2, 0.25) is 12.1 Å². The average Bonchev–Trinajstić information content (AvgIpc) is 3.92. The number of halogens is 2. The van der Waals surface area contributed by atoms with Crippen molar-refractivity contribution >= 4 is 51.5 Å². The van der Waals surface area contributed by atoms with Gasteiger partial charge in [0.05, 0.1) is 0 Å². The van der Waals surface area contributed by atoms with Gasteiger partial charge in [-0.05, 0) is 0 Å². The molecule has 1 unspecified atom stereocenters. The van der Waals surface area contributed by atoms with E-state index in [1.54, 1.807) is 0 Å². The van der Waals surface area contributed by atoms with Gasteiger partial charge in [-0.2, -0.15) is 0 Å². The Bertz CT molecular complexity index is 2670. The fourth-order valence-corrected chi connectivity index (χ4v) is 15.5. The minimum absolute atomic E-state index is 0.162. The summed E-state index contributed by atoms with van der Waals surface area (Å²) in [6.07, 6.45) is 3.70. The number of rotatable bonds is 6. The Morgan fingerprint density at radius 2 is 1.41 bits per heavy atom. The third-order valence-corrected chi connectivity index (χ3v) is 19.2.